The van der Waals surface area contributed by atoms with Crippen LogP contribution in [0, 0.1) is 0 Å². The van der Waals surface area contributed by atoms with Gasteiger partial charge in [0.1, 0.15) is 0 Å². The van der Waals surface area contributed by atoms with Crippen molar-refractivity contribution in [1.82, 2.24) is 0 Å². The van der Waals surface area contributed by atoms with Crippen molar-refractivity contribution in [2.45, 2.75) is 0 Å². The van der Waals surface area contributed by atoms with E-state index in [-0.39, 0.29) is 0 Å². The Morgan fingerprint density at radius 3 is 1.51 bits per heavy atom. The Bertz CT molecular complexity index is 2830. The summed E-state index contributed by atoms with van der Waals surface area (Å²) in [6.07, 6.45) is 0. The average Bonchev–Trinajstić information content (AvgIpc) is 3.77. The van der Waals surface area contributed by atoms with Crippen LogP contribution in [0.2, 0.25) is 0 Å². The summed E-state index contributed by atoms with van der Waals surface area (Å²) in [4.78, 5) is 2.44. The molecule has 0 radical (unpaired) electrons. The second-order valence-electron chi connectivity index (χ2n) is 12.9. The number of thiophene rings is 2. The molecule has 3 heteroatoms. The zero-order chi connectivity index (χ0) is 33.7. The summed E-state index contributed by atoms with van der Waals surface area (Å²) < 4.78 is 5.25. The predicted molar refractivity (Wildman–Crippen MR) is 223 cm³/mol. The van der Waals surface area contributed by atoms with Gasteiger partial charge < -0.3 is 4.90 Å². The van der Waals surface area contributed by atoms with Gasteiger partial charge in [-0.3, -0.25) is 0 Å². The SMILES string of the molecule is c1ccc(-c2ccc(N(c3ccc(-c4cccc5c4sc4ccccc45)cc3)c3cc4sc5ccccc5c4cc3-c3ccccc3)cc2)cc1. The van der Waals surface area contributed by atoms with E-state index in [4.69, 9.17) is 0 Å². The zero-order valence-electron chi connectivity index (χ0n) is 27.7. The van der Waals surface area contributed by atoms with Crippen molar-refractivity contribution in [1.29, 1.82) is 0 Å². The van der Waals surface area contributed by atoms with Gasteiger partial charge in [0.15, 0.2) is 0 Å². The third kappa shape index (κ3) is 5.21. The van der Waals surface area contributed by atoms with Crippen LogP contribution in [0.5, 0.6) is 0 Å². The van der Waals surface area contributed by atoms with Gasteiger partial charge in [0.2, 0.25) is 0 Å². The molecule has 0 amide bonds. The van der Waals surface area contributed by atoms with Gasteiger partial charge >= 0.3 is 0 Å². The van der Waals surface area contributed by atoms with E-state index in [2.05, 4.69) is 193 Å². The minimum absolute atomic E-state index is 1.12. The van der Waals surface area contributed by atoms with Gasteiger partial charge in [-0.15, -0.1) is 22.7 Å². The third-order valence-corrected chi connectivity index (χ3v) is 12.2. The van der Waals surface area contributed by atoms with Gasteiger partial charge in [-0.25, -0.2) is 0 Å². The van der Waals surface area contributed by atoms with Gasteiger partial charge in [-0.1, -0.05) is 140 Å². The highest BCUT2D eigenvalue weighted by Crippen LogP contribution is 2.47. The predicted octanol–water partition coefficient (Wildman–Crippen LogP) is 14.9. The molecule has 1 nitrogen and oxygen atoms in total. The van der Waals surface area contributed by atoms with Crippen molar-refractivity contribution in [3.8, 4) is 33.4 Å². The Labute approximate surface area is 304 Å². The number of benzene rings is 8. The Balaban J connectivity index is 1.17. The molecule has 0 unspecified atom stereocenters. The third-order valence-electron chi connectivity index (χ3n) is 9.89. The smallest absolute Gasteiger partial charge is 0.0554 e. The van der Waals surface area contributed by atoms with Crippen LogP contribution in [-0.4, -0.2) is 0 Å². The molecular formula is C48H31NS2. The first-order valence-electron chi connectivity index (χ1n) is 17.3. The number of nitrogens with zero attached hydrogens (tertiary/aromatic N) is 1. The summed E-state index contributed by atoms with van der Waals surface area (Å²) in [5.41, 5.74) is 10.7. The lowest BCUT2D eigenvalue weighted by molar-refractivity contribution is 1.29. The number of rotatable bonds is 6. The van der Waals surface area contributed by atoms with Crippen LogP contribution in [0.1, 0.15) is 0 Å². The van der Waals surface area contributed by atoms with Gasteiger partial charge in [-0.2, -0.15) is 0 Å². The lowest BCUT2D eigenvalue weighted by Gasteiger charge is -2.28. The molecule has 0 N–H and O–H groups in total. The molecule has 10 rings (SSSR count). The molecule has 0 spiro atoms. The van der Waals surface area contributed by atoms with E-state index in [0.717, 1.165) is 17.1 Å². The molecule has 240 valence electrons. The van der Waals surface area contributed by atoms with Crippen molar-refractivity contribution in [3.05, 3.63) is 188 Å². The lowest BCUT2D eigenvalue weighted by atomic mass is 9.98. The summed E-state index contributed by atoms with van der Waals surface area (Å²) in [6, 6.07) is 68.6. The quantitative estimate of drug-likeness (QED) is 0.168. The minimum atomic E-state index is 1.12. The number of anilines is 3. The molecule has 2 heterocycles. The number of hydrogen-bond acceptors (Lipinski definition) is 3. The normalized spacial score (nSPS) is 11.5. The molecule has 0 saturated carbocycles. The lowest BCUT2D eigenvalue weighted by Crippen LogP contribution is -2.11. The Morgan fingerprint density at radius 2 is 0.824 bits per heavy atom. The van der Waals surface area contributed by atoms with Crippen LogP contribution < -0.4 is 4.90 Å². The highest BCUT2D eigenvalue weighted by atomic mass is 32.1. The van der Waals surface area contributed by atoms with Crippen LogP contribution in [0.3, 0.4) is 0 Å². The fourth-order valence-corrected chi connectivity index (χ4v) is 9.78. The Hall–Kier alpha value is -6.00. The number of fused-ring (bicyclic) bond motifs is 6. The maximum atomic E-state index is 2.44. The van der Waals surface area contributed by atoms with Crippen molar-refractivity contribution in [3.63, 3.8) is 0 Å². The van der Waals surface area contributed by atoms with Gasteiger partial charge in [0.05, 0.1) is 5.69 Å². The molecule has 2 aromatic heterocycles. The highest BCUT2D eigenvalue weighted by molar-refractivity contribution is 7.26. The standard InChI is InChI=1S/C48H31NS2/c1-3-12-32(13-4-1)33-22-26-36(27-23-33)49(37-28-24-35(25-29-37)38-18-11-19-41-39-16-7-10-21-46(39)51-48(38)41)44-31-47-43(40-17-8-9-20-45(40)50-47)30-42(44)34-14-5-2-6-15-34/h1-31H. The molecule has 0 saturated heterocycles. The van der Waals surface area contributed by atoms with E-state index in [1.54, 1.807) is 0 Å². The summed E-state index contributed by atoms with van der Waals surface area (Å²) in [5, 5.41) is 5.25. The first-order valence-corrected chi connectivity index (χ1v) is 18.9. The van der Waals surface area contributed by atoms with Gasteiger partial charge in [0, 0.05) is 57.3 Å². The fourth-order valence-electron chi connectivity index (χ4n) is 7.42. The maximum absolute atomic E-state index is 2.44. The van der Waals surface area contributed by atoms with E-state index in [0.29, 0.717) is 0 Å². The van der Waals surface area contributed by atoms with Crippen LogP contribution in [0.25, 0.3) is 73.7 Å². The van der Waals surface area contributed by atoms with Gasteiger partial charge in [0.25, 0.3) is 0 Å². The largest absolute Gasteiger partial charge is 0.310 e. The Kier molecular flexibility index (Phi) is 7.26. The zero-order valence-corrected chi connectivity index (χ0v) is 29.3. The summed E-state index contributed by atoms with van der Waals surface area (Å²) in [6.45, 7) is 0. The molecule has 0 aliphatic heterocycles. The fraction of sp³-hybridized carbons (Fsp3) is 0. The molecule has 0 aliphatic carbocycles. The average molecular weight is 686 g/mol. The van der Waals surface area contributed by atoms with E-state index >= 15 is 0 Å². The summed E-state index contributed by atoms with van der Waals surface area (Å²) in [7, 11) is 0. The van der Waals surface area contributed by atoms with E-state index in [1.807, 2.05) is 22.7 Å². The van der Waals surface area contributed by atoms with Crippen LogP contribution in [0.4, 0.5) is 17.1 Å². The number of hydrogen-bond donors (Lipinski definition) is 0. The molecular weight excluding hydrogens is 655 g/mol. The molecule has 0 bridgehead atoms. The van der Waals surface area contributed by atoms with Crippen LogP contribution in [0.15, 0.2) is 188 Å². The molecule has 10 aromatic rings. The maximum Gasteiger partial charge on any atom is 0.0554 e. The van der Waals surface area contributed by atoms with Crippen molar-refractivity contribution in [2.24, 2.45) is 0 Å². The van der Waals surface area contributed by atoms with E-state index in [1.165, 1.54) is 73.7 Å². The van der Waals surface area contributed by atoms with E-state index in [9.17, 15) is 0 Å². The Morgan fingerprint density at radius 1 is 0.314 bits per heavy atom. The van der Waals surface area contributed by atoms with Gasteiger partial charge in [-0.05, 0) is 76.3 Å². The van der Waals surface area contributed by atoms with Crippen molar-refractivity contribution >= 4 is 80.1 Å². The minimum Gasteiger partial charge on any atom is -0.310 e. The summed E-state index contributed by atoms with van der Waals surface area (Å²) in [5.74, 6) is 0. The molecule has 0 aliphatic rings. The molecule has 8 aromatic carbocycles. The molecule has 51 heavy (non-hydrogen) atoms. The monoisotopic (exact) mass is 685 g/mol. The van der Waals surface area contributed by atoms with Crippen LogP contribution >= 0.6 is 22.7 Å². The topological polar surface area (TPSA) is 3.24 Å². The first-order chi connectivity index (χ1) is 25.3. The second-order valence-corrected chi connectivity index (χ2v) is 15.0. The van der Waals surface area contributed by atoms with Crippen molar-refractivity contribution in [2.75, 3.05) is 4.90 Å². The summed E-state index contributed by atoms with van der Waals surface area (Å²) >= 11 is 3.74. The second kappa shape index (κ2) is 12.4. The molecule has 0 fully saturated rings. The molecule has 0 atom stereocenters. The van der Waals surface area contributed by atoms with E-state index < -0.39 is 0 Å². The van der Waals surface area contributed by atoms with Crippen LogP contribution in [-0.2, 0) is 0 Å². The highest BCUT2D eigenvalue weighted by Gasteiger charge is 2.21. The van der Waals surface area contributed by atoms with Crippen molar-refractivity contribution < 1.29 is 0 Å². The first kappa shape index (κ1) is 29.9.